The van der Waals surface area contributed by atoms with Crippen LogP contribution in [0, 0.1) is 5.82 Å². The highest BCUT2D eigenvalue weighted by Crippen LogP contribution is 2.32. The van der Waals surface area contributed by atoms with Crippen molar-refractivity contribution in [2.45, 2.75) is 4.90 Å². The summed E-state index contributed by atoms with van der Waals surface area (Å²) in [4.78, 5) is 5.44. The quantitative estimate of drug-likeness (QED) is 0.705. The van der Waals surface area contributed by atoms with Crippen LogP contribution in [0.2, 0.25) is 0 Å². The number of benzene rings is 1. The first-order chi connectivity index (χ1) is 9.19. The fourth-order valence-electron chi connectivity index (χ4n) is 1.94. The summed E-state index contributed by atoms with van der Waals surface area (Å²) in [5.41, 5.74) is 8.01. The summed E-state index contributed by atoms with van der Waals surface area (Å²) in [5.74, 6) is 0.247. The number of H-pyrrole nitrogens is 1. The topological polar surface area (TPSA) is 67.6 Å². The van der Waals surface area contributed by atoms with E-state index in [9.17, 15) is 4.39 Å². The standard InChI is InChI=1S/C13H11FN4S/c1-19-10-6-9(7-2-4-8(14)5-3-7)16-13-11(10)12(15)17-18-13/h2-6H,1H3,(H3,15,16,17,18). The number of hydrogen-bond acceptors (Lipinski definition) is 4. The number of anilines is 1. The van der Waals surface area contributed by atoms with Gasteiger partial charge in [-0.15, -0.1) is 11.8 Å². The number of nitrogen functional groups attached to an aromatic ring is 1. The second-order valence-electron chi connectivity index (χ2n) is 4.05. The lowest BCUT2D eigenvalue weighted by molar-refractivity contribution is 0.628. The summed E-state index contributed by atoms with van der Waals surface area (Å²) < 4.78 is 12.9. The second kappa shape index (κ2) is 4.55. The summed E-state index contributed by atoms with van der Waals surface area (Å²) in [6.45, 7) is 0. The molecule has 0 saturated heterocycles. The van der Waals surface area contributed by atoms with Crippen LogP contribution in [0.15, 0.2) is 35.2 Å². The van der Waals surface area contributed by atoms with E-state index in [1.165, 1.54) is 12.1 Å². The molecule has 4 nitrogen and oxygen atoms in total. The van der Waals surface area contributed by atoms with Gasteiger partial charge in [-0.25, -0.2) is 9.37 Å². The third kappa shape index (κ3) is 2.04. The van der Waals surface area contributed by atoms with Crippen LogP contribution in [0.25, 0.3) is 22.3 Å². The zero-order valence-electron chi connectivity index (χ0n) is 10.1. The summed E-state index contributed by atoms with van der Waals surface area (Å²) in [5, 5.41) is 7.64. The molecule has 3 aromatic rings. The van der Waals surface area contributed by atoms with Gasteiger partial charge in [-0.1, -0.05) is 0 Å². The van der Waals surface area contributed by atoms with Crippen LogP contribution >= 0.6 is 11.8 Å². The molecule has 0 fully saturated rings. The molecule has 1 aromatic carbocycles. The van der Waals surface area contributed by atoms with E-state index < -0.39 is 0 Å². The molecule has 0 atom stereocenters. The van der Waals surface area contributed by atoms with E-state index in [0.29, 0.717) is 11.5 Å². The van der Waals surface area contributed by atoms with E-state index in [-0.39, 0.29) is 5.82 Å². The molecule has 0 bridgehead atoms. The average molecular weight is 274 g/mol. The number of aromatic nitrogens is 3. The molecule has 0 aliphatic rings. The number of pyridine rings is 1. The van der Waals surface area contributed by atoms with Gasteiger partial charge in [-0.05, 0) is 36.6 Å². The molecular weight excluding hydrogens is 263 g/mol. The summed E-state index contributed by atoms with van der Waals surface area (Å²) in [6, 6.07) is 8.16. The summed E-state index contributed by atoms with van der Waals surface area (Å²) in [7, 11) is 0. The number of rotatable bonds is 2. The van der Waals surface area contributed by atoms with Gasteiger partial charge < -0.3 is 5.73 Å². The highest BCUT2D eigenvalue weighted by Gasteiger charge is 2.12. The van der Waals surface area contributed by atoms with Crippen molar-refractivity contribution in [2.75, 3.05) is 12.0 Å². The molecule has 0 amide bonds. The minimum Gasteiger partial charge on any atom is -0.383 e. The minimum absolute atomic E-state index is 0.265. The number of thioether (sulfide) groups is 1. The Labute approximate surface area is 113 Å². The number of aromatic amines is 1. The second-order valence-corrected chi connectivity index (χ2v) is 4.90. The molecule has 2 aromatic heterocycles. The Bertz CT molecular complexity index is 736. The van der Waals surface area contributed by atoms with E-state index in [0.717, 1.165) is 21.5 Å². The van der Waals surface area contributed by atoms with Gasteiger partial charge in [0.25, 0.3) is 0 Å². The molecule has 0 aliphatic carbocycles. The molecule has 0 radical (unpaired) electrons. The highest BCUT2D eigenvalue weighted by atomic mass is 32.2. The van der Waals surface area contributed by atoms with Gasteiger partial charge in [0.1, 0.15) is 11.6 Å². The molecule has 96 valence electrons. The molecule has 3 rings (SSSR count). The fraction of sp³-hybridized carbons (Fsp3) is 0.0769. The van der Waals surface area contributed by atoms with Crippen LogP contribution in [-0.4, -0.2) is 21.4 Å². The van der Waals surface area contributed by atoms with Crippen molar-refractivity contribution >= 4 is 28.6 Å². The Morgan fingerprint density at radius 2 is 2.00 bits per heavy atom. The predicted molar refractivity (Wildman–Crippen MR) is 75.5 cm³/mol. The van der Waals surface area contributed by atoms with Crippen LogP contribution in [0.1, 0.15) is 0 Å². The first-order valence-corrected chi connectivity index (χ1v) is 6.86. The van der Waals surface area contributed by atoms with Gasteiger partial charge in [-0.2, -0.15) is 5.10 Å². The largest absolute Gasteiger partial charge is 0.383 e. The van der Waals surface area contributed by atoms with Crippen molar-refractivity contribution in [3.63, 3.8) is 0 Å². The first kappa shape index (κ1) is 12.0. The molecule has 0 unspecified atom stereocenters. The van der Waals surface area contributed by atoms with Crippen LogP contribution in [-0.2, 0) is 0 Å². The lowest BCUT2D eigenvalue weighted by Gasteiger charge is -2.05. The molecule has 19 heavy (non-hydrogen) atoms. The van der Waals surface area contributed by atoms with Crippen LogP contribution < -0.4 is 5.73 Å². The number of nitrogens with zero attached hydrogens (tertiary/aromatic N) is 2. The number of nitrogens with two attached hydrogens (primary N) is 1. The van der Waals surface area contributed by atoms with Gasteiger partial charge in [0, 0.05) is 10.5 Å². The first-order valence-electron chi connectivity index (χ1n) is 5.63. The summed E-state index contributed by atoms with van der Waals surface area (Å²) in [6.07, 6.45) is 1.97. The van der Waals surface area contributed by atoms with E-state index in [2.05, 4.69) is 15.2 Å². The minimum atomic E-state index is -0.265. The molecule has 3 N–H and O–H groups in total. The third-order valence-electron chi connectivity index (χ3n) is 2.88. The Morgan fingerprint density at radius 3 is 2.68 bits per heavy atom. The predicted octanol–water partition coefficient (Wildman–Crippen LogP) is 3.07. The zero-order valence-corrected chi connectivity index (χ0v) is 11.0. The molecular formula is C13H11FN4S. The van der Waals surface area contributed by atoms with Gasteiger partial charge in [0.2, 0.25) is 0 Å². The van der Waals surface area contributed by atoms with Crippen molar-refractivity contribution in [1.29, 1.82) is 0 Å². The number of fused-ring (bicyclic) bond motifs is 1. The molecule has 0 spiro atoms. The van der Waals surface area contributed by atoms with E-state index in [1.54, 1.807) is 23.9 Å². The number of hydrogen-bond donors (Lipinski definition) is 2. The molecule has 2 heterocycles. The fourth-order valence-corrected chi connectivity index (χ4v) is 2.58. The van der Waals surface area contributed by atoms with Crippen molar-refractivity contribution in [3.8, 4) is 11.3 Å². The lowest BCUT2D eigenvalue weighted by Crippen LogP contribution is -1.89. The van der Waals surface area contributed by atoms with Crippen LogP contribution in [0.5, 0.6) is 0 Å². The van der Waals surface area contributed by atoms with Crippen molar-refractivity contribution in [3.05, 3.63) is 36.1 Å². The maximum atomic E-state index is 12.9. The Balaban J connectivity index is 2.22. The summed E-state index contributed by atoms with van der Waals surface area (Å²) >= 11 is 1.57. The zero-order chi connectivity index (χ0) is 13.4. The Hall–Kier alpha value is -2.08. The van der Waals surface area contributed by atoms with Gasteiger partial charge >= 0.3 is 0 Å². The third-order valence-corrected chi connectivity index (χ3v) is 3.64. The van der Waals surface area contributed by atoms with Gasteiger partial charge in [-0.3, -0.25) is 5.10 Å². The number of nitrogens with one attached hydrogen (secondary N) is 1. The molecule has 0 aliphatic heterocycles. The highest BCUT2D eigenvalue weighted by molar-refractivity contribution is 7.98. The smallest absolute Gasteiger partial charge is 0.184 e. The van der Waals surface area contributed by atoms with Crippen molar-refractivity contribution in [1.82, 2.24) is 15.2 Å². The van der Waals surface area contributed by atoms with Crippen molar-refractivity contribution < 1.29 is 4.39 Å². The molecule has 0 saturated carbocycles. The maximum absolute atomic E-state index is 12.9. The lowest BCUT2D eigenvalue weighted by atomic mass is 10.1. The average Bonchev–Trinajstić information content (AvgIpc) is 2.80. The van der Waals surface area contributed by atoms with Gasteiger partial charge in [0.05, 0.1) is 11.1 Å². The Kier molecular flexibility index (Phi) is 2.87. The SMILES string of the molecule is CSc1cc(-c2ccc(F)cc2)nc2n[nH]c(N)c12. The normalized spacial score (nSPS) is 11.1. The molecule has 6 heteroatoms. The van der Waals surface area contributed by atoms with E-state index >= 15 is 0 Å². The van der Waals surface area contributed by atoms with Crippen molar-refractivity contribution in [2.24, 2.45) is 0 Å². The van der Waals surface area contributed by atoms with E-state index in [1.807, 2.05) is 12.3 Å². The maximum Gasteiger partial charge on any atom is 0.184 e. The number of halogens is 1. The van der Waals surface area contributed by atoms with Crippen LogP contribution in [0.3, 0.4) is 0 Å². The van der Waals surface area contributed by atoms with Gasteiger partial charge in [0.15, 0.2) is 5.65 Å². The monoisotopic (exact) mass is 274 g/mol. The Morgan fingerprint density at radius 1 is 1.26 bits per heavy atom. The van der Waals surface area contributed by atoms with E-state index in [4.69, 9.17) is 5.73 Å². The van der Waals surface area contributed by atoms with Crippen LogP contribution in [0.4, 0.5) is 10.2 Å².